The number of urea groups is 1. The van der Waals surface area contributed by atoms with Crippen molar-refractivity contribution in [3.63, 3.8) is 0 Å². The van der Waals surface area contributed by atoms with Gasteiger partial charge in [0.15, 0.2) is 0 Å². The Balaban J connectivity index is 1.92. The molecule has 6 heteroatoms. The number of rotatable bonds is 8. The summed E-state index contributed by atoms with van der Waals surface area (Å²) in [6.45, 7) is 7.25. The van der Waals surface area contributed by atoms with Crippen molar-refractivity contribution in [2.75, 3.05) is 19.8 Å². The summed E-state index contributed by atoms with van der Waals surface area (Å²) in [4.78, 5) is 12.4. The second kappa shape index (κ2) is 8.53. The first-order chi connectivity index (χ1) is 11.4. The number of aliphatic hydroxyl groups excluding tert-OH is 1. The van der Waals surface area contributed by atoms with Gasteiger partial charge in [0.25, 0.3) is 0 Å². The number of hydrogen-bond acceptors (Lipinski definition) is 4. The lowest BCUT2D eigenvalue weighted by atomic mass is 9.86. The van der Waals surface area contributed by atoms with Crippen LogP contribution in [0.2, 0.25) is 0 Å². The van der Waals surface area contributed by atoms with Gasteiger partial charge in [-0.3, -0.25) is 0 Å². The lowest BCUT2D eigenvalue weighted by Gasteiger charge is -2.30. The first kappa shape index (κ1) is 18.8. The molecule has 2 rings (SSSR count). The van der Waals surface area contributed by atoms with Gasteiger partial charge >= 0.3 is 6.03 Å². The summed E-state index contributed by atoms with van der Waals surface area (Å²) in [6.07, 6.45) is 4.42. The summed E-state index contributed by atoms with van der Waals surface area (Å²) in [5, 5.41) is 15.5. The van der Waals surface area contributed by atoms with Crippen LogP contribution < -0.4 is 10.6 Å². The normalized spacial score (nSPS) is 25.0. The van der Waals surface area contributed by atoms with Gasteiger partial charge in [0.1, 0.15) is 11.8 Å². The molecule has 24 heavy (non-hydrogen) atoms. The Kier molecular flexibility index (Phi) is 6.69. The monoisotopic (exact) mass is 338 g/mol. The van der Waals surface area contributed by atoms with E-state index in [-0.39, 0.29) is 30.1 Å². The highest BCUT2D eigenvalue weighted by Crippen LogP contribution is 2.37. The van der Waals surface area contributed by atoms with Gasteiger partial charge in [-0.2, -0.15) is 0 Å². The summed E-state index contributed by atoms with van der Waals surface area (Å²) in [6, 6.07) is 3.02. The third kappa shape index (κ3) is 4.98. The van der Waals surface area contributed by atoms with Crippen LogP contribution in [0.15, 0.2) is 22.8 Å². The smallest absolute Gasteiger partial charge is 0.315 e. The van der Waals surface area contributed by atoms with E-state index in [0.717, 1.165) is 19.3 Å². The number of aliphatic hydroxyl groups is 1. The molecule has 1 aromatic rings. The highest BCUT2D eigenvalue weighted by atomic mass is 16.5. The third-order valence-electron chi connectivity index (χ3n) is 4.68. The molecule has 3 atom stereocenters. The Morgan fingerprint density at radius 3 is 2.92 bits per heavy atom. The van der Waals surface area contributed by atoms with Gasteiger partial charge in [-0.05, 0) is 30.9 Å². The van der Waals surface area contributed by atoms with Gasteiger partial charge < -0.3 is 24.9 Å². The zero-order valence-corrected chi connectivity index (χ0v) is 14.9. The highest BCUT2D eigenvalue weighted by molar-refractivity contribution is 5.74. The van der Waals surface area contributed by atoms with Crippen LogP contribution in [0.3, 0.4) is 0 Å². The summed E-state index contributed by atoms with van der Waals surface area (Å²) in [5.41, 5.74) is -0.244. The van der Waals surface area contributed by atoms with Crippen LogP contribution in [0, 0.1) is 11.3 Å². The van der Waals surface area contributed by atoms with E-state index in [4.69, 9.17) is 9.15 Å². The van der Waals surface area contributed by atoms with E-state index in [1.165, 1.54) is 0 Å². The minimum absolute atomic E-state index is 0.0173. The van der Waals surface area contributed by atoms with Crippen LogP contribution in [-0.2, 0) is 4.74 Å². The molecule has 0 bridgehead atoms. The maximum atomic E-state index is 12.4. The van der Waals surface area contributed by atoms with Gasteiger partial charge in [0, 0.05) is 18.1 Å². The Morgan fingerprint density at radius 1 is 1.50 bits per heavy atom. The quantitative estimate of drug-likeness (QED) is 0.680. The molecule has 1 aliphatic carbocycles. The van der Waals surface area contributed by atoms with Crippen molar-refractivity contribution in [3.05, 3.63) is 24.2 Å². The maximum absolute atomic E-state index is 12.4. The minimum Gasteiger partial charge on any atom is -0.467 e. The standard InChI is InChI=1S/C18H30N2O4/c1-13(2)10-23-11-14(15-6-5-9-24-15)19-17(22)20-16-7-4-8-18(16,3)12-21/h5-6,9,13-14,16,21H,4,7-8,10-12H2,1-3H3,(H2,19,20,22). The van der Waals surface area contributed by atoms with E-state index in [1.807, 2.05) is 13.0 Å². The lowest BCUT2D eigenvalue weighted by Crippen LogP contribution is -2.49. The lowest BCUT2D eigenvalue weighted by molar-refractivity contribution is 0.0854. The molecular weight excluding hydrogens is 308 g/mol. The number of ether oxygens (including phenoxy) is 1. The first-order valence-electron chi connectivity index (χ1n) is 8.73. The van der Waals surface area contributed by atoms with E-state index >= 15 is 0 Å². The molecular formula is C18H30N2O4. The molecule has 0 aromatic carbocycles. The average Bonchev–Trinajstić information content (AvgIpc) is 3.17. The molecule has 136 valence electrons. The molecule has 0 spiro atoms. The van der Waals surface area contributed by atoms with Gasteiger partial charge in [-0.15, -0.1) is 0 Å². The summed E-state index contributed by atoms with van der Waals surface area (Å²) in [5.74, 6) is 1.10. The number of amides is 2. The Morgan fingerprint density at radius 2 is 2.29 bits per heavy atom. The van der Waals surface area contributed by atoms with Crippen molar-refractivity contribution in [2.24, 2.45) is 11.3 Å². The van der Waals surface area contributed by atoms with Crippen molar-refractivity contribution in [1.82, 2.24) is 10.6 Å². The molecule has 1 aliphatic rings. The summed E-state index contributed by atoms with van der Waals surface area (Å²) in [7, 11) is 0. The van der Waals surface area contributed by atoms with Crippen LogP contribution in [0.1, 0.15) is 51.8 Å². The van der Waals surface area contributed by atoms with Crippen LogP contribution in [0.5, 0.6) is 0 Å². The van der Waals surface area contributed by atoms with Crippen LogP contribution in [0.25, 0.3) is 0 Å². The molecule has 1 aromatic heterocycles. The Labute approximate surface area is 143 Å². The topological polar surface area (TPSA) is 83.7 Å². The number of furan rings is 1. The van der Waals surface area contributed by atoms with Crippen LogP contribution in [-0.4, -0.2) is 37.0 Å². The fraction of sp³-hybridized carbons (Fsp3) is 0.722. The molecule has 0 radical (unpaired) electrons. The van der Waals surface area contributed by atoms with Gasteiger partial charge in [-0.25, -0.2) is 4.79 Å². The highest BCUT2D eigenvalue weighted by Gasteiger charge is 2.39. The summed E-state index contributed by atoms with van der Waals surface area (Å²) >= 11 is 0. The number of carbonyl (C=O) groups is 1. The zero-order valence-electron chi connectivity index (χ0n) is 14.9. The number of carbonyl (C=O) groups excluding carboxylic acids is 1. The largest absolute Gasteiger partial charge is 0.467 e. The van der Waals surface area contributed by atoms with Gasteiger partial charge in [0.05, 0.1) is 19.5 Å². The van der Waals surface area contributed by atoms with Crippen molar-refractivity contribution in [1.29, 1.82) is 0 Å². The second-order valence-electron chi connectivity index (χ2n) is 7.37. The molecule has 3 unspecified atom stereocenters. The zero-order chi connectivity index (χ0) is 17.6. The van der Waals surface area contributed by atoms with Crippen molar-refractivity contribution < 1.29 is 19.1 Å². The number of nitrogens with one attached hydrogen (secondary N) is 2. The average molecular weight is 338 g/mol. The third-order valence-corrected chi connectivity index (χ3v) is 4.68. The van der Waals surface area contributed by atoms with Crippen molar-refractivity contribution >= 4 is 6.03 Å². The first-order valence-corrected chi connectivity index (χ1v) is 8.73. The molecule has 6 nitrogen and oxygen atoms in total. The fourth-order valence-corrected chi connectivity index (χ4v) is 3.13. The Hall–Kier alpha value is -1.53. The molecule has 1 saturated carbocycles. The Bertz CT molecular complexity index is 503. The molecule has 2 amide bonds. The summed E-state index contributed by atoms with van der Waals surface area (Å²) < 4.78 is 11.1. The maximum Gasteiger partial charge on any atom is 0.315 e. The second-order valence-corrected chi connectivity index (χ2v) is 7.37. The minimum atomic E-state index is -0.333. The van der Waals surface area contributed by atoms with E-state index in [9.17, 15) is 9.90 Å². The van der Waals surface area contributed by atoms with Crippen molar-refractivity contribution in [3.8, 4) is 0 Å². The predicted octanol–water partition coefficient (Wildman–Crippen LogP) is 2.84. The van der Waals surface area contributed by atoms with E-state index < -0.39 is 0 Å². The van der Waals surface area contributed by atoms with Crippen LogP contribution in [0.4, 0.5) is 4.79 Å². The van der Waals surface area contributed by atoms with Crippen molar-refractivity contribution in [2.45, 2.75) is 52.1 Å². The molecule has 3 N–H and O–H groups in total. The molecule has 0 aliphatic heterocycles. The predicted molar refractivity (Wildman–Crippen MR) is 91.6 cm³/mol. The van der Waals surface area contributed by atoms with E-state index in [2.05, 4.69) is 24.5 Å². The fourth-order valence-electron chi connectivity index (χ4n) is 3.13. The molecule has 1 heterocycles. The van der Waals surface area contributed by atoms with Gasteiger partial charge in [0.2, 0.25) is 0 Å². The van der Waals surface area contributed by atoms with Crippen LogP contribution >= 0.6 is 0 Å². The SMILES string of the molecule is CC(C)COCC(NC(=O)NC1CCCC1(C)CO)c1ccco1. The molecule has 1 fully saturated rings. The number of hydrogen-bond donors (Lipinski definition) is 3. The van der Waals surface area contributed by atoms with Gasteiger partial charge in [-0.1, -0.05) is 27.2 Å². The van der Waals surface area contributed by atoms with E-state index in [0.29, 0.717) is 24.9 Å². The van der Waals surface area contributed by atoms with E-state index in [1.54, 1.807) is 12.3 Å². The molecule has 0 saturated heterocycles.